The highest BCUT2D eigenvalue weighted by molar-refractivity contribution is 7.98. The van der Waals surface area contributed by atoms with E-state index in [9.17, 15) is 0 Å². The number of nitrogen functional groups attached to an aromatic ring is 1. The third-order valence-electron chi connectivity index (χ3n) is 2.31. The molecule has 0 spiro atoms. The van der Waals surface area contributed by atoms with Crippen molar-refractivity contribution in [2.45, 2.75) is 4.90 Å². The quantitative estimate of drug-likeness (QED) is 0.789. The third kappa shape index (κ3) is 1.85. The molecule has 0 fully saturated rings. The molecular weight excluding hydrogens is 206 g/mol. The van der Waals surface area contributed by atoms with Gasteiger partial charge in [0.05, 0.1) is 17.6 Å². The lowest BCUT2D eigenvalue weighted by Gasteiger charge is -2.05. The Morgan fingerprint density at radius 2 is 2.20 bits per heavy atom. The van der Waals surface area contributed by atoms with Gasteiger partial charge in [-0.25, -0.2) is 0 Å². The molecule has 0 bridgehead atoms. The zero-order chi connectivity index (χ0) is 10.8. The van der Waals surface area contributed by atoms with Crippen molar-refractivity contribution >= 4 is 17.4 Å². The molecule has 0 atom stereocenters. The van der Waals surface area contributed by atoms with Crippen LogP contribution in [0.15, 0.2) is 35.4 Å². The first-order chi connectivity index (χ1) is 7.22. The van der Waals surface area contributed by atoms with Crippen molar-refractivity contribution in [2.75, 3.05) is 12.0 Å². The van der Waals surface area contributed by atoms with E-state index in [2.05, 4.69) is 23.5 Å². The van der Waals surface area contributed by atoms with Crippen LogP contribution in [0.4, 0.5) is 5.69 Å². The summed E-state index contributed by atoms with van der Waals surface area (Å²) in [6.45, 7) is 0. The molecule has 0 aliphatic rings. The average Bonchev–Trinajstić information content (AvgIpc) is 2.59. The van der Waals surface area contributed by atoms with Crippen LogP contribution in [0.5, 0.6) is 0 Å². The van der Waals surface area contributed by atoms with Gasteiger partial charge >= 0.3 is 0 Å². The number of aromatic nitrogens is 2. The Morgan fingerprint density at radius 1 is 1.40 bits per heavy atom. The molecule has 0 aliphatic carbocycles. The van der Waals surface area contributed by atoms with E-state index in [4.69, 9.17) is 5.73 Å². The predicted octanol–water partition coefficient (Wildman–Crippen LogP) is 2.39. The molecule has 0 radical (unpaired) electrons. The first kappa shape index (κ1) is 10.1. The molecule has 0 amide bonds. The fourth-order valence-electron chi connectivity index (χ4n) is 1.58. The van der Waals surface area contributed by atoms with Gasteiger partial charge in [0.1, 0.15) is 0 Å². The van der Waals surface area contributed by atoms with Crippen LogP contribution in [-0.2, 0) is 7.05 Å². The van der Waals surface area contributed by atoms with Crippen LogP contribution in [0.3, 0.4) is 0 Å². The summed E-state index contributed by atoms with van der Waals surface area (Å²) in [4.78, 5) is 1.23. The van der Waals surface area contributed by atoms with Crippen molar-refractivity contribution in [3.63, 3.8) is 0 Å². The molecule has 15 heavy (non-hydrogen) atoms. The summed E-state index contributed by atoms with van der Waals surface area (Å²) in [6.07, 6.45) is 3.74. The van der Waals surface area contributed by atoms with Crippen LogP contribution < -0.4 is 5.73 Å². The minimum Gasteiger partial charge on any atom is -0.396 e. The van der Waals surface area contributed by atoms with Gasteiger partial charge in [-0.05, 0) is 18.4 Å². The molecule has 1 aromatic carbocycles. The van der Waals surface area contributed by atoms with Crippen molar-refractivity contribution in [2.24, 2.45) is 7.05 Å². The summed E-state index contributed by atoms with van der Waals surface area (Å²) in [5.41, 5.74) is 8.68. The molecule has 1 heterocycles. The van der Waals surface area contributed by atoms with Gasteiger partial charge in [0, 0.05) is 17.5 Å². The standard InChI is InChI=1S/C11H13N3S/c1-14-11(10(12)7-13-14)8-4-3-5-9(6-8)15-2/h3-7H,12H2,1-2H3. The van der Waals surface area contributed by atoms with Gasteiger partial charge in [-0.2, -0.15) is 5.10 Å². The highest BCUT2D eigenvalue weighted by Crippen LogP contribution is 2.27. The van der Waals surface area contributed by atoms with Gasteiger partial charge in [0.2, 0.25) is 0 Å². The topological polar surface area (TPSA) is 43.8 Å². The maximum Gasteiger partial charge on any atom is 0.0909 e. The second kappa shape index (κ2) is 3.98. The minimum absolute atomic E-state index is 0.718. The maximum absolute atomic E-state index is 5.87. The highest BCUT2D eigenvalue weighted by Gasteiger charge is 2.08. The fraction of sp³-hybridized carbons (Fsp3) is 0.182. The summed E-state index contributed by atoms with van der Waals surface area (Å²) in [7, 11) is 1.90. The van der Waals surface area contributed by atoms with Crippen LogP contribution in [0.25, 0.3) is 11.3 Å². The highest BCUT2D eigenvalue weighted by atomic mass is 32.2. The Labute approximate surface area is 93.3 Å². The average molecular weight is 219 g/mol. The smallest absolute Gasteiger partial charge is 0.0909 e. The number of thioether (sulfide) groups is 1. The Hall–Kier alpha value is -1.42. The number of nitrogens with zero attached hydrogens (tertiary/aromatic N) is 2. The van der Waals surface area contributed by atoms with Crippen LogP contribution in [-0.4, -0.2) is 16.0 Å². The van der Waals surface area contributed by atoms with Crippen molar-refractivity contribution in [3.8, 4) is 11.3 Å². The summed E-state index contributed by atoms with van der Waals surface area (Å²) in [5, 5.41) is 4.13. The lowest BCUT2D eigenvalue weighted by atomic mass is 10.1. The zero-order valence-corrected chi connectivity index (χ0v) is 9.58. The largest absolute Gasteiger partial charge is 0.396 e. The molecule has 2 N–H and O–H groups in total. The molecule has 0 aliphatic heterocycles. The van der Waals surface area contributed by atoms with Crippen molar-refractivity contribution in [1.82, 2.24) is 9.78 Å². The van der Waals surface area contributed by atoms with Gasteiger partial charge in [-0.1, -0.05) is 12.1 Å². The number of anilines is 1. The Bertz CT molecular complexity index is 457. The normalized spacial score (nSPS) is 10.5. The van der Waals surface area contributed by atoms with E-state index in [-0.39, 0.29) is 0 Å². The molecule has 3 nitrogen and oxygen atoms in total. The molecule has 4 heteroatoms. The van der Waals surface area contributed by atoms with Crippen molar-refractivity contribution in [1.29, 1.82) is 0 Å². The zero-order valence-electron chi connectivity index (χ0n) is 8.77. The maximum atomic E-state index is 5.87. The van der Waals surface area contributed by atoms with E-state index in [1.807, 2.05) is 19.2 Å². The van der Waals surface area contributed by atoms with Crippen LogP contribution in [0.2, 0.25) is 0 Å². The minimum atomic E-state index is 0.718. The summed E-state index contributed by atoms with van der Waals surface area (Å²) >= 11 is 1.72. The van der Waals surface area contributed by atoms with E-state index < -0.39 is 0 Å². The van der Waals surface area contributed by atoms with Gasteiger partial charge in [0.25, 0.3) is 0 Å². The molecule has 1 aromatic heterocycles. The van der Waals surface area contributed by atoms with Gasteiger partial charge in [-0.3, -0.25) is 4.68 Å². The fourth-order valence-corrected chi connectivity index (χ4v) is 2.04. The van der Waals surface area contributed by atoms with Crippen molar-refractivity contribution < 1.29 is 0 Å². The monoisotopic (exact) mass is 219 g/mol. The van der Waals surface area contributed by atoms with Crippen molar-refractivity contribution in [3.05, 3.63) is 30.5 Å². The van der Waals surface area contributed by atoms with Crippen LogP contribution in [0, 0.1) is 0 Å². The first-order valence-electron chi connectivity index (χ1n) is 4.64. The summed E-state index contributed by atoms with van der Waals surface area (Å²) < 4.78 is 1.80. The number of hydrogen-bond acceptors (Lipinski definition) is 3. The van der Waals surface area contributed by atoms with E-state index in [1.165, 1.54) is 4.90 Å². The van der Waals surface area contributed by atoms with Crippen LogP contribution >= 0.6 is 11.8 Å². The predicted molar refractivity (Wildman–Crippen MR) is 64.8 cm³/mol. The Balaban J connectivity index is 2.53. The molecule has 0 saturated heterocycles. The summed E-state index contributed by atoms with van der Waals surface area (Å²) in [5.74, 6) is 0. The molecule has 2 rings (SSSR count). The van der Waals surface area contributed by atoms with E-state index >= 15 is 0 Å². The van der Waals surface area contributed by atoms with E-state index in [0.717, 1.165) is 16.9 Å². The molecule has 0 saturated carbocycles. The number of rotatable bonds is 2. The first-order valence-corrected chi connectivity index (χ1v) is 5.86. The Kier molecular flexibility index (Phi) is 2.68. The molecule has 2 aromatic rings. The second-order valence-corrected chi connectivity index (χ2v) is 4.18. The Morgan fingerprint density at radius 3 is 2.80 bits per heavy atom. The number of nitrogens with two attached hydrogens (primary N) is 1. The number of hydrogen-bond donors (Lipinski definition) is 1. The van der Waals surface area contributed by atoms with Crippen LogP contribution in [0.1, 0.15) is 0 Å². The molecular formula is C11H13N3S. The molecule has 0 unspecified atom stereocenters. The SMILES string of the molecule is CSc1cccc(-c2c(N)cnn2C)c1. The third-order valence-corrected chi connectivity index (χ3v) is 3.04. The van der Waals surface area contributed by atoms with Gasteiger partial charge < -0.3 is 5.73 Å². The van der Waals surface area contributed by atoms with E-state index in [1.54, 1.807) is 22.6 Å². The lowest BCUT2D eigenvalue weighted by Crippen LogP contribution is -1.95. The van der Waals surface area contributed by atoms with Gasteiger partial charge in [-0.15, -0.1) is 11.8 Å². The number of benzene rings is 1. The molecule has 78 valence electrons. The lowest BCUT2D eigenvalue weighted by molar-refractivity contribution is 0.776. The summed E-state index contributed by atoms with van der Waals surface area (Å²) in [6, 6.07) is 8.29. The van der Waals surface area contributed by atoms with Gasteiger partial charge in [0.15, 0.2) is 0 Å². The number of aryl methyl sites for hydroxylation is 1. The van der Waals surface area contributed by atoms with E-state index in [0.29, 0.717) is 0 Å². The second-order valence-electron chi connectivity index (χ2n) is 3.30.